The van der Waals surface area contributed by atoms with Gasteiger partial charge in [0.05, 0.1) is 26.0 Å². The van der Waals surface area contributed by atoms with Crippen molar-refractivity contribution in [2.24, 2.45) is 0 Å². The number of aryl methyl sites for hydroxylation is 1. The molecular weight excluding hydrogens is 258 g/mol. The van der Waals surface area contributed by atoms with Gasteiger partial charge in [-0.05, 0) is 19.1 Å². The van der Waals surface area contributed by atoms with Gasteiger partial charge in [0, 0.05) is 19.3 Å². The van der Waals surface area contributed by atoms with E-state index >= 15 is 0 Å². The summed E-state index contributed by atoms with van der Waals surface area (Å²) in [7, 11) is 1.60. The van der Waals surface area contributed by atoms with E-state index in [4.69, 9.17) is 9.47 Å². The molecule has 1 saturated heterocycles. The van der Waals surface area contributed by atoms with Crippen LogP contribution in [0.5, 0.6) is 5.75 Å². The highest BCUT2D eigenvalue weighted by molar-refractivity contribution is 5.95. The predicted molar refractivity (Wildman–Crippen MR) is 73.2 cm³/mol. The molecule has 6 heteroatoms. The number of nitrogens with zero attached hydrogens (tertiary/aromatic N) is 3. The van der Waals surface area contributed by atoms with Gasteiger partial charge < -0.3 is 14.4 Å². The van der Waals surface area contributed by atoms with E-state index in [0.717, 1.165) is 0 Å². The molecule has 0 aromatic carbocycles. The highest BCUT2D eigenvalue weighted by Gasteiger charge is 2.24. The van der Waals surface area contributed by atoms with E-state index in [2.05, 4.69) is 4.98 Å². The average molecular weight is 275 g/mol. The number of pyridine rings is 1. The first-order chi connectivity index (χ1) is 9.72. The van der Waals surface area contributed by atoms with Crippen LogP contribution in [0, 0.1) is 6.92 Å². The van der Waals surface area contributed by atoms with Gasteiger partial charge in [-0.2, -0.15) is 0 Å². The van der Waals surface area contributed by atoms with Crippen molar-refractivity contribution >= 4 is 11.6 Å². The molecule has 0 unspecified atom stereocenters. The Kier molecular flexibility index (Phi) is 3.31. The number of morpholine rings is 1. The minimum Gasteiger partial charge on any atom is -0.493 e. The molecule has 1 aliphatic rings. The zero-order valence-corrected chi connectivity index (χ0v) is 11.6. The highest BCUT2D eigenvalue weighted by atomic mass is 16.5. The van der Waals surface area contributed by atoms with Crippen LogP contribution < -0.4 is 4.74 Å². The molecule has 0 spiro atoms. The Balaban J connectivity index is 2.06. The van der Waals surface area contributed by atoms with Crippen LogP contribution in [0.3, 0.4) is 0 Å². The smallest absolute Gasteiger partial charge is 0.272 e. The Morgan fingerprint density at radius 1 is 1.40 bits per heavy atom. The van der Waals surface area contributed by atoms with Crippen molar-refractivity contribution in [3.8, 4) is 5.75 Å². The molecule has 0 bridgehead atoms. The van der Waals surface area contributed by atoms with Crippen molar-refractivity contribution < 1.29 is 14.3 Å². The monoisotopic (exact) mass is 275 g/mol. The number of imidazole rings is 1. The number of ether oxygens (including phenoxy) is 2. The molecule has 20 heavy (non-hydrogen) atoms. The van der Waals surface area contributed by atoms with Crippen molar-refractivity contribution in [1.29, 1.82) is 0 Å². The number of carbonyl (C=O) groups excluding carboxylic acids is 1. The quantitative estimate of drug-likeness (QED) is 0.824. The van der Waals surface area contributed by atoms with Crippen molar-refractivity contribution in [2.45, 2.75) is 6.92 Å². The van der Waals surface area contributed by atoms with E-state index in [9.17, 15) is 4.79 Å². The third-order valence-electron chi connectivity index (χ3n) is 3.51. The average Bonchev–Trinajstić information content (AvgIpc) is 2.83. The normalized spacial score (nSPS) is 15.6. The Morgan fingerprint density at radius 3 is 2.85 bits per heavy atom. The summed E-state index contributed by atoms with van der Waals surface area (Å²) in [5.41, 5.74) is 1.98. The van der Waals surface area contributed by atoms with Gasteiger partial charge >= 0.3 is 0 Å². The fraction of sp³-hybridized carbons (Fsp3) is 0.429. The second-order valence-electron chi connectivity index (χ2n) is 4.72. The van der Waals surface area contributed by atoms with Gasteiger partial charge in [-0.3, -0.25) is 9.20 Å². The number of methoxy groups -OCH3 is 1. The molecule has 1 amide bonds. The van der Waals surface area contributed by atoms with Crippen LogP contribution >= 0.6 is 0 Å². The maximum Gasteiger partial charge on any atom is 0.272 e. The molecule has 0 atom stereocenters. The Hall–Kier alpha value is -2.08. The van der Waals surface area contributed by atoms with Crippen LogP contribution in [0.4, 0.5) is 0 Å². The molecule has 0 radical (unpaired) electrons. The standard InChI is InChI=1S/C14H17N3O3/c1-10-12(14(18)16-6-8-20-9-7-16)17-5-3-4-11(19-2)13(17)15-10/h3-5H,6-9H2,1-2H3. The molecule has 3 heterocycles. The van der Waals surface area contributed by atoms with Crippen LogP contribution in [-0.4, -0.2) is 53.6 Å². The van der Waals surface area contributed by atoms with Crippen molar-refractivity contribution in [2.75, 3.05) is 33.4 Å². The van der Waals surface area contributed by atoms with Gasteiger partial charge in [-0.15, -0.1) is 0 Å². The van der Waals surface area contributed by atoms with E-state index in [0.29, 0.717) is 49.1 Å². The van der Waals surface area contributed by atoms with Gasteiger partial charge in [0.25, 0.3) is 5.91 Å². The zero-order valence-electron chi connectivity index (χ0n) is 11.6. The summed E-state index contributed by atoms with van der Waals surface area (Å²) in [5.74, 6) is 0.656. The molecule has 6 nitrogen and oxygen atoms in total. The maximum absolute atomic E-state index is 12.7. The molecule has 0 N–H and O–H groups in total. The van der Waals surface area contributed by atoms with Crippen LogP contribution in [0.15, 0.2) is 18.3 Å². The molecular formula is C14H17N3O3. The third kappa shape index (κ3) is 2.02. The molecule has 0 saturated carbocycles. The van der Waals surface area contributed by atoms with Gasteiger partial charge in [0.1, 0.15) is 5.69 Å². The van der Waals surface area contributed by atoms with Crippen molar-refractivity contribution in [1.82, 2.24) is 14.3 Å². The Morgan fingerprint density at radius 2 is 2.15 bits per heavy atom. The summed E-state index contributed by atoms with van der Waals surface area (Å²) < 4.78 is 12.4. The van der Waals surface area contributed by atoms with Gasteiger partial charge in [0.15, 0.2) is 11.4 Å². The second-order valence-corrected chi connectivity index (χ2v) is 4.72. The largest absolute Gasteiger partial charge is 0.493 e. The second kappa shape index (κ2) is 5.13. The summed E-state index contributed by atoms with van der Waals surface area (Å²) >= 11 is 0. The summed E-state index contributed by atoms with van der Waals surface area (Å²) in [6.07, 6.45) is 1.84. The van der Waals surface area contributed by atoms with E-state index in [-0.39, 0.29) is 5.91 Å². The minimum absolute atomic E-state index is 0.00782. The number of hydrogen-bond acceptors (Lipinski definition) is 4. The highest BCUT2D eigenvalue weighted by Crippen LogP contribution is 2.22. The van der Waals surface area contributed by atoms with E-state index in [1.165, 1.54) is 0 Å². The number of hydrogen-bond donors (Lipinski definition) is 0. The summed E-state index contributed by atoms with van der Waals surface area (Å²) in [4.78, 5) is 18.9. The first kappa shape index (κ1) is 12.9. The minimum atomic E-state index is -0.00782. The maximum atomic E-state index is 12.7. The van der Waals surface area contributed by atoms with Crippen molar-refractivity contribution in [3.05, 3.63) is 29.7 Å². The molecule has 2 aromatic rings. The molecule has 0 aliphatic carbocycles. The summed E-state index contributed by atoms with van der Waals surface area (Å²) in [5, 5.41) is 0. The van der Waals surface area contributed by atoms with E-state index in [1.54, 1.807) is 16.4 Å². The lowest BCUT2D eigenvalue weighted by Crippen LogP contribution is -2.41. The first-order valence-electron chi connectivity index (χ1n) is 6.61. The van der Waals surface area contributed by atoms with Crippen LogP contribution in [-0.2, 0) is 4.74 Å². The van der Waals surface area contributed by atoms with Gasteiger partial charge in [0.2, 0.25) is 0 Å². The zero-order chi connectivity index (χ0) is 14.1. The van der Waals surface area contributed by atoms with Crippen molar-refractivity contribution in [3.63, 3.8) is 0 Å². The Labute approximate surface area is 116 Å². The van der Waals surface area contributed by atoms with Gasteiger partial charge in [-0.25, -0.2) is 4.98 Å². The molecule has 2 aromatic heterocycles. The molecule has 1 fully saturated rings. The summed E-state index contributed by atoms with van der Waals surface area (Å²) in [6, 6.07) is 3.69. The topological polar surface area (TPSA) is 56.1 Å². The number of carbonyl (C=O) groups is 1. The molecule has 3 rings (SSSR count). The van der Waals surface area contributed by atoms with Gasteiger partial charge in [-0.1, -0.05) is 0 Å². The Bertz CT molecular complexity index is 644. The van der Waals surface area contributed by atoms with Crippen LogP contribution in [0.2, 0.25) is 0 Å². The SMILES string of the molecule is COc1cccn2c(C(=O)N3CCOCC3)c(C)nc12. The van der Waals surface area contributed by atoms with E-state index < -0.39 is 0 Å². The predicted octanol–water partition coefficient (Wildman–Crippen LogP) is 1.12. The fourth-order valence-electron chi connectivity index (χ4n) is 2.49. The fourth-order valence-corrected chi connectivity index (χ4v) is 2.49. The lowest BCUT2D eigenvalue weighted by molar-refractivity contribution is 0.0297. The third-order valence-corrected chi connectivity index (χ3v) is 3.51. The lowest BCUT2D eigenvalue weighted by Gasteiger charge is -2.26. The molecule has 106 valence electrons. The number of amides is 1. The molecule has 1 aliphatic heterocycles. The lowest BCUT2D eigenvalue weighted by atomic mass is 10.3. The van der Waals surface area contributed by atoms with E-state index in [1.807, 2.05) is 25.3 Å². The summed E-state index contributed by atoms with van der Waals surface area (Å²) in [6.45, 7) is 4.26. The number of aromatic nitrogens is 2. The first-order valence-corrected chi connectivity index (χ1v) is 6.61. The van der Waals surface area contributed by atoms with Crippen LogP contribution in [0.25, 0.3) is 5.65 Å². The van der Waals surface area contributed by atoms with Crippen LogP contribution in [0.1, 0.15) is 16.2 Å². The number of rotatable bonds is 2. The number of fused-ring (bicyclic) bond motifs is 1.